The molecule has 0 saturated carbocycles. The van der Waals surface area contributed by atoms with Crippen LogP contribution in [0.25, 0.3) is 0 Å². The topological polar surface area (TPSA) is 134 Å². The van der Waals surface area contributed by atoms with Crippen molar-refractivity contribution < 1.29 is 38.1 Å². The number of fused-ring (bicyclic) bond motifs is 2. The van der Waals surface area contributed by atoms with E-state index in [4.69, 9.17) is 19.9 Å². The standard InChI is InChI=1S/C20H20N2O8/c1-22-11-8-6-5-7-10(11)20(19(22)26)14(17(24)28-3)12(9-13(23)27-2)30-16(21)15(20)18(25)29-4/h5-8H,9,21H2,1-4H3. The van der Waals surface area contributed by atoms with Crippen molar-refractivity contribution in [3.05, 3.63) is 52.6 Å². The Morgan fingerprint density at radius 2 is 1.63 bits per heavy atom. The molecule has 1 aromatic carbocycles. The van der Waals surface area contributed by atoms with Gasteiger partial charge in [0.15, 0.2) is 0 Å². The molecule has 0 bridgehead atoms. The Balaban J connectivity index is 2.47. The molecule has 30 heavy (non-hydrogen) atoms. The average molecular weight is 416 g/mol. The van der Waals surface area contributed by atoms with E-state index in [0.717, 1.165) is 21.3 Å². The highest BCUT2D eigenvalue weighted by molar-refractivity contribution is 6.22. The summed E-state index contributed by atoms with van der Waals surface area (Å²) in [6.45, 7) is 0. The highest BCUT2D eigenvalue weighted by Gasteiger charge is 2.63. The quantitative estimate of drug-likeness (QED) is 0.542. The number of carbonyl (C=O) groups is 4. The van der Waals surface area contributed by atoms with Crippen LogP contribution in [0, 0.1) is 0 Å². The van der Waals surface area contributed by atoms with Gasteiger partial charge >= 0.3 is 17.9 Å². The molecule has 158 valence electrons. The van der Waals surface area contributed by atoms with Crippen molar-refractivity contribution in [2.45, 2.75) is 11.8 Å². The smallest absolute Gasteiger partial charge is 0.340 e. The lowest BCUT2D eigenvalue weighted by atomic mass is 9.67. The summed E-state index contributed by atoms with van der Waals surface area (Å²) in [4.78, 5) is 52.6. The zero-order valence-corrected chi connectivity index (χ0v) is 16.8. The van der Waals surface area contributed by atoms with Crippen molar-refractivity contribution in [2.75, 3.05) is 33.3 Å². The number of ether oxygens (including phenoxy) is 4. The predicted octanol–water partition coefficient (Wildman–Crippen LogP) is 0.264. The first-order valence-corrected chi connectivity index (χ1v) is 8.78. The molecule has 0 aliphatic carbocycles. The summed E-state index contributed by atoms with van der Waals surface area (Å²) in [6, 6.07) is 6.57. The van der Waals surface area contributed by atoms with Gasteiger partial charge in [0.2, 0.25) is 11.8 Å². The average Bonchev–Trinajstić information content (AvgIpc) is 2.95. The molecular weight excluding hydrogens is 396 g/mol. The number of likely N-dealkylation sites (N-methyl/N-ethyl adjacent to an activating group) is 1. The number of hydrogen-bond donors (Lipinski definition) is 1. The van der Waals surface area contributed by atoms with Crippen LogP contribution in [0.2, 0.25) is 0 Å². The van der Waals surface area contributed by atoms with Gasteiger partial charge in [-0.15, -0.1) is 0 Å². The lowest BCUT2D eigenvalue weighted by molar-refractivity contribution is -0.141. The van der Waals surface area contributed by atoms with Crippen molar-refractivity contribution in [1.82, 2.24) is 0 Å². The van der Waals surface area contributed by atoms with Crippen LogP contribution in [0.3, 0.4) is 0 Å². The van der Waals surface area contributed by atoms with Gasteiger partial charge in [0.05, 0.1) is 21.3 Å². The largest absolute Gasteiger partial charge is 0.469 e. The summed E-state index contributed by atoms with van der Waals surface area (Å²) in [5, 5.41) is 0. The molecule has 10 nitrogen and oxygen atoms in total. The highest BCUT2D eigenvalue weighted by atomic mass is 16.5. The molecule has 2 aliphatic heterocycles. The summed E-state index contributed by atoms with van der Waals surface area (Å²) in [5.74, 6) is -4.06. The molecule has 3 rings (SSSR count). The van der Waals surface area contributed by atoms with Gasteiger partial charge in [0, 0.05) is 18.3 Å². The van der Waals surface area contributed by atoms with E-state index in [2.05, 4.69) is 4.74 Å². The monoisotopic (exact) mass is 416 g/mol. The second-order valence-corrected chi connectivity index (χ2v) is 6.51. The zero-order valence-electron chi connectivity index (χ0n) is 16.8. The third-order valence-electron chi connectivity index (χ3n) is 5.11. The molecule has 2 heterocycles. The predicted molar refractivity (Wildman–Crippen MR) is 102 cm³/mol. The fourth-order valence-electron chi connectivity index (χ4n) is 3.85. The minimum atomic E-state index is -2.02. The Labute approximate surface area is 171 Å². The van der Waals surface area contributed by atoms with Gasteiger partial charge in [-0.05, 0) is 6.07 Å². The molecule has 1 aromatic rings. The van der Waals surface area contributed by atoms with E-state index in [1.165, 1.54) is 11.9 Å². The molecule has 10 heteroatoms. The second kappa shape index (κ2) is 7.54. The zero-order chi connectivity index (χ0) is 22.2. The fraction of sp³-hybridized carbons (Fsp3) is 0.300. The van der Waals surface area contributed by atoms with E-state index in [9.17, 15) is 19.2 Å². The van der Waals surface area contributed by atoms with E-state index in [1.54, 1.807) is 24.3 Å². The number of nitrogens with zero attached hydrogens (tertiary/aromatic N) is 1. The SMILES string of the molecule is COC(=O)CC1=C(C(=O)OC)C2(C(=O)N(C)c3ccccc32)C(C(=O)OC)=C(N)O1. The maximum absolute atomic E-state index is 13.7. The van der Waals surface area contributed by atoms with Crippen molar-refractivity contribution in [1.29, 1.82) is 0 Å². The van der Waals surface area contributed by atoms with Crippen LogP contribution in [0.1, 0.15) is 12.0 Å². The molecule has 1 amide bonds. The molecule has 1 spiro atoms. The molecule has 0 fully saturated rings. The first-order chi connectivity index (χ1) is 14.2. The van der Waals surface area contributed by atoms with E-state index >= 15 is 0 Å². The minimum Gasteiger partial charge on any atom is -0.469 e. The van der Waals surface area contributed by atoms with Crippen molar-refractivity contribution >= 4 is 29.5 Å². The van der Waals surface area contributed by atoms with Gasteiger partial charge in [0.25, 0.3) is 0 Å². The van der Waals surface area contributed by atoms with E-state index in [-0.39, 0.29) is 16.9 Å². The Bertz CT molecular complexity index is 1030. The summed E-state index contributed by atoms with van der Waals surface area (Å²) in [7, 11) is 4.86. The van der Waals surface area contributed by atoms with Crippen LogP contribution < -0.4 is 10.6 Å². The summed E-state index contributed by atoms with van der Waals surface area (Å²) < 4.78 is 19.9. The number of esters is 3. The number of carbonyl (C=O) groups excluding carboxylic acids is 4. The van der Waals surface area contributed by atoms with Crippen LogP contribution in [-0.2, 0) is 43.5 Å². The maximum Gasteiger partial charge on any atom is 0.340 e. The van der Waals surface area contributed by atoms with E-state index in [0.29, 0.717) is 11.3 Å². The van der Waals surface area contributed by atoms with Crippen LogP contribution in [0.4, 0.5) is 5.69 Å². The first-order valence-electron chi connectivity index (χ1n) is 8.78. The Morgan fingerprint density at radius 1 is 1.03 bits per heavy atom. The molecule has 2 aliphatic rings. The van der Waals surface area contributed by atoms with Crippen molar-refractivity contribution in [3.8, 4) is 0 Å². The lowest BCUT2D eigenvalue weighted by Gasteiger charge is -2.36. The Morgan fingerprint density at radius 3 is 2.23 bits per heavy atom. The summed E-state index contributed by atoms with van der Waals surface area (Å²) >= 11 is 0. The molecule has 0 aromatic heterocycles. The minimum absolute atomic E-state index is 0.252. The molecule has 0 radical (unpaired) electrons. The van der Waals surface area contributed by atoms with Crippen LogP contribution in [0.5, 0.6) is 0 Å². The molecule has 0 saturated heterocycles. The van der Waals surface area contributed by atoms with E-state index < -0.39 is 41.5 Å². The maximum atomic E-state index is 13.7. The Kier molecular flexibility index (Phi) is 5.26. The first kappa shape index (κ1) is 20.9. The third kappa shape index (κ3) is 2.71. The van der Waals surface area contributed by atoms with Crippen LogP contribution >= 0.6 is 0 Å². The van der Waals surface area contributed by atoms with Gasteiger partial charge in [-0.25, -0.2) is 9.59 Å². The van der Waals surface area contributed by atoms with Gasteiger partial charge in [0.1, 0.15) is 28.7 Å². The number of hydrogen-bond acceptors (Lipinski definition) is 9. The Hall–Kier alpha value is -3.82. The molecular formula is C20H20N2O8. The van der Waals surface area contributed by atoms with Gasteiger partial charge < -0.3 is 29.6 Å². The lowest BCUT2D eigenvalue weighted by Crippen LogP contribution is -2.50. The van der Waals surface area contributed by atoms with Crippen LogP contribution in [-0.4, -0.2) is 52.2 Å². The normalized spacial score (nSPS) is 20.1. The summed E-state index contributed by atoms with van der Waals surface area (Å²) in [5.41, 5.74) is 4.04. The number of benzene rings is 1. The molecule has 1 unspecified atom stereocenters. The van der Waals surface area contributed by atoms with Gasteiger partial charge in [-0.1, -0.05) is 18.2 Å². The van der Waals surface area contributed by atoms with Gasteiger partial charge in [-0.2, -0.15) is 0 Å². The fourth-order valence-corrected chi connectivity index (χ4v) is 3.85. The number of methoxy groups -OCH3 is 3. The van der Waals surface area contributed by atoms with Crippen molar-refractivity contribution in [3.63, 3.8) is 0 Å². The van der Waals surface area contributed by atoms with E-state index in [1.807, 2.05) is 0 Å². The molecule has 1 atom stereocenters. The van der Waals surface area contributed by atoms with Gasteiger partial charge in [-0.3, -0.25) is 9.59 Å². The van der Waals surface area contributed by atoms with Crippen molar-refractivity contribution in [2.24, 2.45) is 5.73 Å². The number of amides is 1. The summed E-state index contributed by atoms with van der Waals surface area (Å²) in [6.07, 6.45) is -0.517. The number of anilines is 1. The number of rotatable bonds is 4. The highest BCUT2D eigenvalue weighted by Crippen LogP contribution is 2.54. The molecule has 2 N–H and O–H groups in total. The third-order valence-corrected chi connectivity index (χ3v) is 5.11. The van der Waals surface area contributed by atoms with Crippen LogP contribution in [0.15, 0.2) is 47.1 Å². The number of nitrogens with two attached hydrogens (primary N) is 1. The number of para-hydroxylation sites is 1. The second-order valence-electron chi connectivity index (χ2n) is 6.51.